The third-order valence-corrected chi connectivity index (χ3v) is 2.80. The Morgan fingerprint density at radius 3 is 2.68 bits per heavy atom. The van der Waals surface area contributed by atoms with E-state index in [0.29, 0.717) is 0 Å². The molecule has 19 heavy (non-hydrogen) atoms. The first-order chi connectivity index (χ1) is 9.20. The van der Waals surface area contributed by atoms with Crippen LogP contribution in [0.15, 0.2) is 47.1 Å². The number of benzene rings is 1. The number of ether oxygens (including phenoxy) is 1. The predicted octanol–water partition coefficient (Wildman–Crippen LogP) is 3.77. The SMILES string of the molecule is CCNC(c1cccc(OC(C)C)c1)c1ccco1. The second kappa shape index (κ2) is 6.43. The molecule has 0 amide bonds. The Kier molecular flexibility index (Phi) is 4.63. The molecule has 0 radical (unpaired) electrons. The first kappa shape index (κ1) is 13.7. The molecule has 0 aliphatic heterocycles. The molecule has 1 aromatic heterocycles. The highest BCUT2D eigenvalue weighted by Gasteiger charge is 2.16. The van der Waals surface area contributed by atoms with Crippen LogP contribution in [0.3, 0.4) is 0 Å². The molecule has 2 aromatic rings. The molecule has 1 atom stereocenters. The highest BCUT2D eigenvalue weighted by Crippen LogP contribution is 2.26. The Bertz CT molecular complexity index is 491. The van der Waals surface area contributed by atoms with Crippen LogP contribution in [-0.2, 0) is 0 Å². The molecule has 0 saturated carbocycles. The molecule has 0 fully saturated rings. The lowest BCUT2D eigenvalue weighted by Gasteiger charge is -2.17. The molecule has 3 nitrogen and oxygen atoms in total. The van der Waals surface area contributed by atoms with Crippen LogP contribution in [0.1, 0.15) is 38.1 Å². The van der Waals surface area contributed by atoms with Crippen LogP contribution in [0, 0.1) is 0 Å². The maximum Gasteiger partial charge on any atom is 0.125 e. The summed E-state index contributed by atoms with van der Waals surface area (Å²) in [6.07, 6.45) is 1.88. The summed E-state index contributed by atoms with van der Waals surface area (Å²) >= 11 is 0. The minimum absolute atomic E-state index is 0.0655. The van der Waals surface area contributed by atoms with Crippen LogP contribution >= 0.6 is 0 Å². The molecule has 0 saturated heterocycles. The molecular weight excluding hydrogens is 238 g/mol. The van der Waals surface area contributed by atoms with Crippen LogP contribution in [0.4, 0.5) is 0 Å². The summed E-state index contributed by atoms with van der Waals surface area (Å²) < 4.78 is 11.3. The molecule has 1 aromatic carbocycles. The zero-order chi connectivity index (χ0) is 13.7. The van der Waals surface area contributed by atoms with Gasteiger partial charge in [0.2, 0.25) is 0 Å². The lowest BCUT2D eigenvalue weighted by Crippen LogP contribution is -2.21. The summed E-state index contributed by atoms with van der Waals surface area (Å²) in [7, 11) is 0. The Balaban J connectivity index is 2.26. The van der Waals surface area contributed by atoms with Gasteiger partial charge >= 0.3 is 0 Å². The highest BCUT2D eigenvalue weighted by atomic mass is 16.5. The molecule has 0 spiro atoms. The lowest BCUT2D eigenvalue weighted by atomic mass is 10.0. The Labute approximate surface area is 114 Å². The van der Waals surface area contributed by atoms with Crippen molar-refractivity contribution < 1.29 is 9.15 Å². The molecule has 3 heteroatoms. The smallest absolute Gasteiger partial charge is 0.125 e. The maximum absolute atomic E-state index is 5.74. The van der Waals surface area contributed by atoms with Crippen LogP contribution in [0.2, 0.25) is 0 Å². The molecule has 1 N–H and O–H groups in total. The normalized spacial score (nSPS) is 12.6. The molecule has 102 valence electrons. The van der Waals surface area contributed by atoms with Crippen LogP contribution in [0.25, 0.3) is 0 Å². The zero-order valence-corrected chi connectivity index (χ0v) is 11.7. The van der Waals surface area contributed by atoms with Crippen molar-refractivity contribution in [3.63, 3.8) is 0 Å². The van der Waals surface area contributed by atoms with Crippen molar-refractivity contribution in [2.75, 3.05) is 6.54 Å². The van der Waals surface area contributed by atoms with Crippen molar-refractivity contribution in [3.8, 4) is 5.75 Å². The average Bonchev–Trinajstić information content (AvgIpc) is 2.89. The highest BCUT2D eigenvalue weighted by molar-refractivity contribution is 5.34. The number of hydrogen-bond donors (Lipinski definition) is 1. The molecule has 1 heterocycles. The summed E-state index contributed by atoms with van der Waals surface area (Å²) in [5, 5.41) is 3.43. The van der Waals surface area contributed by atoms with E-state index in [1.54, 1.807) is 6.26 Å². The summed E-state index contributed by atoms with van der Waals surface area (Å²) in [4.78, 5) is 0. The van der Waals surface area contributed by atoms with Gasteiger partial charge in [0.15, 0.2) is 0 Å². The number of nitrogens with one attached hydrogen (secondary N) is 1. The summed E-state index contributed by atoms with van der Waals surface area (Å²) in [5.41, 5.74) is 1.15. The molecule has 0 bridgehead atoms. The molecule has 0 aliphatic rings. The number of rotatable bonds is 6. The Hall–Kier alpha value is -1.74. The van der Waals surface area contributed by atoms with Crippen molar-refractivity contribution in [2.24, 2.45) is 0 Å². The number of hydrogen-bond acceptors (Lipinski definition) is 3. The van der Waals surface area contributed by atoms with E-state index >= 15 is 0 Å². The topological polar surface area (TPSA) is 34.4 Å². The van der Waals surface area contributed by atoms with Crippen LogP contribution in [-0.4, -0.2) is 12.6 Å². The second-order valence-corrected chi connectivity index (χ2v) is 4.75. The van der Waals surface area contributed by atoms with Gasteiger partial charge < -0.3 is 14.5 Å². The fourth-order valence-corrected chi connectivity index (χ4v) is 2.08. The van der Waals surface area contributed by atoms with Gasteiger partial charge in [0, 0.05) is 0 Å². The average molecular weight is 259 g/mol. The molecule has 1 unspecified atom stereocenters. The quantitative estimate of drug-likeness (QED) is 0.857. The minimum atomic E-state index is 0.0655. The Morgan fingerprint density at radius 1 is 1.21 bits per heavy atom. The van der Waals surface area contributed by atoms with E-state index in [9.17, 15) is 0 Å². The van der Waals surface area contributed by atoms with Gasteiger partial charge in [-0.15, -0.1) is 0 Å². The summed E-state index contributed by atoms with van der Waals surface area (Å²) in [6, 6.07) is 12.1. The van der Waals surface area contributed by atoms with Crippen molar-refractivity contribution in [1.29, 1.82) is 0 Å². The third kappa shape index (κ3) is 3.61. The fourth-order valence-electron chi connectivity index (χ4n) is 2.08. The van der Waals surface area contributed by atoms with E-state index in [2.05, 4.69) is 24.4 Å². The summed E-state index contributed by atoms with van der Waals surface area (Å²) in [6.45, 7) is 7.02. The van der Waals surface area contributed by atoms with E-state index in [1.807, 2.05) is 38.1 Å². The van der Waals surface area contributed by atoms with Gasteiger partial charge in [-0.2, -0.15) is 0 Å². The van der Waals surface area contributed by atoms with Gasteiger partial charge in [-0.25, -0.2) is 0 Å². The first-order valence-electron chi connectivity index (χ1n) is 6.74. The van der Waals surface area contributed by atoms with E-state index < -0.39 is 0 Å². The monoisotopic (exact) mass is 259 g/mol. The van der Waals surface area contributed by atoms with Gasteiger partial charge in [0.05, 0.1) is 18.4 Å². The van der Waals surface area contributed by atoms with Crippen LogP contribution < -0.4 is 10.1 Å². The van der Waals surface area contributed by atoms with Gasteiger partial charge in [-0.3, -0.25) is 0 Å². The van der Waals surface area contributed by atoms with Gasteiger partial charge in [-0.05, 0) is 50.2 Å². The molecule has 0 aliphatic carbocycles. The van der Waals surface area contributed by atoms with E-state index in [0.717, 1.165) is 23.6 Å². The largest absolute Gasteiger partial charge is 0.491 e. The van der Waals surface area contributed by atoms with E-state index in [4.69, 9.17) is 9.15 Å². The molecule has 2 rings (SSSR count). The van der Waals surface area contributed by atoms with Gasteiger partial charge in [0.1, 0.15) is 11.5 Å². The summed E-state index contributed by atoms with van der Waals surface area (Å²) in [5.74, 6) is 1.81. The fraction of sp³-hybridized carbons (Fsp3) is 0.375. The predicted molar refractivity (Wildman–Crippen MR) is 76.4 cm³/mol. The van der Waals surface area contributed by atoms with Gasteiger partial charge in [-0.1, -0.05) is 19.1 Å². The zero-order valence-electron chi connectivity index (χ0n) is 11.7. The number of furan rings is 1. The first-order valence-corrected chi connectivity index (χ1v) is 6.74. The van der Waals surface area contributed by atoms with Crippen molar-refractivity contribution >= 4 is 0 Å². The third-order valence-electron chi connectivity index (χ3n) is 2.80. The van der Waals surface area contributed by atoms with Crippen LogP contribution in [0.5, 0.6) is 5.75 Å². The van der Waals surface area contributed by atoms with Gasteiger partial charge in [0.25, 0.3) is 0 Å². The van der Waals surface area contributed by atoms with Crippen molar-refractivity contribution in [2.45, 2.75) is 32.9 Å². The van der Waals surface area contributed by atoms with E-state index in [-0.39, 0.29) is 12.1 Å². The van der Waals surface area contributed by atoms with Crippen molar-refractivity contribution in [3.05, 3.63) is 54.0 Å². The maximum atomic E-state index is 5.74. The van der Waals surface area contributed by atoms with E-state index in [1.165, 1.54) is 0 Å². The van der Waals surface area contributed by atoms with Crippen molar-refractivity contribution in [1.82, 2.24) is 5.32 Å². The molecular formula is C16H21NO2. The second-order valence-electron chi connectivity index (χ2n) is 4.75. The standard InChI is InChI=1S/C16H21NO2/c1-4-17-16(15-9-6-10-18-15)13-7-5-8-14(11-13)19-12(2)3/h5-12,16-17H,4H2,1-3H3. The minimum Gasteiger partial charge on any atom is -0.491 e. The Morgan fingerprint density at radius 2 is 2.05 bits per heavy atom. The lowest BCUT2D eigenvalue weighted by molar-refractivity contribution is 0.242.